The van der Waals surface area contributed by atoms with Crippen LogP contribution in [0.5, 0.6) is 0 Å². The quantitative estimate of drug-likeness (QED) is 0.182. The fraction of sp³-hybridized carbons (Fsp3) is 0.0612. The van der Waals surface area contributed by atoms with Crippen LogP contribution in [0.3, 0.4) is 0 Å². The molecule has 55 heavy (non-hydrogen) atoms. The van der Waals surface area contributed by atoms with E-state index in [0.717, 1.165) is 49.8 Å². The molecule has 0 saturated carbocycles. The molecule has 0 N–H and O–H groups in total. The minimum absolute atomic E-state index is 0.279. The van der Waals surface area contributed by atoms with Crippen LogP contribution >= 0.6 is 0 Å². The molecule has 0 amide bonds. The van der Waals surface area contributed by atoms with Gasteiger partial charge in [-0.1, -0.05) is 105 Å². The second kappa shape index (κ2) is 11.6. The second-order valence-electron chi connectivity index (χ2n) is 14.7. The smallest absolute Gasteiger partial charge is 0.164 e. The molecule has 0 radical (unpaired) electrons. The molecule has 6 heteroatoms. The first-order chi connectivity index (χ1) is 27.0. The average Bonchev–Trinajstić information content (AvgIpc) is 3.87. The number of nitriles is 1. The summed E-state index contributed by atoms with van der Waals surface area (Å²) in [6.45, 7) is 4.64. The number of aromatic nitrogens is 4. The molecule has 0 saturated heterocycles. The van der Waals surface area contributed by atoms with Crippen LogP contribution < -0.4 is 0 Å². The van der Waals surface area contributed by atoms with E-state index in [4.69, 9.17) is 19.4 Å². The lowest BCUT2D eigenvalue weighted by molar-refractivity contribution is 0.620. The zero-order valence-electron chi connectivity index (χ0n) is 30.1. The van der Waals surface area contributed by atoms with E-state index in [9.17, 15) is 5.26 Å². The number of hydrogen-bond donors (Lipinski definition) is 0. The number of fused-ring (bicyclic) bond motifs is 12. The van der Waals surface area contributed by atoms with E-state index in [0.29, 0.717) is 23.0 Å². The highest BCUT2D eigenvalue weighted by Gasteiger charge is 2.41. The zero-order valence-corrected chi connectivity index (χ0v) is 30.1. The Bertz CT molecular complexity index is 3220. The number of benzene rings is 7. The molecule has 0 atom stereocenters. The fourth-order valence-corrected chi connectivity index (χ4v) is 8.74. The Balaban J connectivity index is 1.17. The normalized spacial score (nSPS) is 13.0. The summed E-state index contributed by atoms with van der Waals surface area (Å²) in [5, 5.41) is 14.0. The number of para-hydroxylation sites is 2. The molecular formula is C49H31N5O. The van der Waals surface area contributed by atoms with Crippen LogP contribution in [0.25, 0.3) is 94.7 Å². The Kier molecular flexibility index (Phi) is 6.56. The number of rotatable bonds is 4. The van der Waals surface area contributed by atoms with Crippen molar-refractivity contribution in [2.45, 2.75) is 19.3 Å². The van der Waals surface area contributed by atoms with Crippen molar-refractivity contribution in [1.82, 2.24) is 19.5 Å². The lowest BCUT2D eigenvalue weighted by Crippen LogP contribution is -2.15. The van der Waals surface area contributed by atoms with Crippen molar-refractivity contribution in [2.75, 3.05) is 0 Å². The van der Waals surface area contributed by atoms with Gasteiger partial charge in [0.2, 0.25) is 0 Å². The van der Waals surface area contributed by atoms with Gasteiger partial charge in [0.05, 0.1) is 22.7 Å². The first kappa shape index (κ1) is 31.2. The largest absolute Gasteiger partial charge is 0.456 e. The predicted octanol–water partition coefficient (Wildman–Crippen LogP) is 12.0. The maximum atomic E-state index is 9.39. The molecule has 0 spiro atoms. The highest BCUT2D eigenvalue weighted by atomic mass is 16.3. The summed E-state index contributed by atoms with van der Waals surface area (Å²) in [5.74, 6) is 1.71. The zero-order chi connectivity index (χ0) is 36.8. The molecule has 7 aromatic carbocycles. The third-order valence-corrected chi connectivity index (χ3v) is 11.3. The summed E-state index contributed by atoms with van der Waals surface area (Å²) in [6.07, 6.45) is 0. The summed E-state index contributed by atoms with van der Waals surface area (Å²) >= 11 is 0. The molecule has 6 nitrogen and oxygen atoms in total. The van der Waals surface area contributed by atoms with Gasteiger partial charge in [-0.2, -0.15) is 5.26 Å². The van der Waals surface area contributed by atoms with Crippen LogP contribution in [-0.2, 0) is 5.41 Å². The average molecular weight is 706 g/mol. The molecule has 3 aromatic heterocycles. The Morgan fingerprint density at radius 1 is 0.582 bits per heavy atom. The van der Waals surface area contributed by atoms with Crippen LogP contribution in [0.4, 0.5) is 0 Å². The third kappa shape index (κ3) is 4.50. The molecule has 11 rings (SSSR count). The fourth-order valence-electron chi connectivity index (χ4n) is 8.74. The molecule has 0 bridgehead atoms. The Morgan fingerprint density at radius 2 is 1.16 bits per heavy atom. The van der Waals surface area contributed by atoms with Gasteiger partial charge in [-0.05, 0) is 71.8 Å². The SMILES string of the molecule is CC1(C)c2ccccc2-c2c1c1oc3ccccc3c1c1c3ccccc3n(-c3ccc(-c4nc(-c5ccccc5)nc(-c5ccc(C#N)cc5)n4)cc3)c21. The summed E-state index contributed by atoms with van der Waals surface area (Å²) in [5.41, 5.74) is 13.1. The molecule has 0 unspecified atom stereocenters. The van der Waals surface area contributed by atoms with Gasteiger partial charge in [-0.15, -0.1) is 0 Å². The topological polar surface area (TPSA) is 80.5 Å². The minimum Gasteiger partial charge on any atom is -0.456 e. The molecule has 258 valence electrons. The first-order valence-electron chi connectivity index (χ1n) is 18.4. The second-order valence-corrected chi connectivity index (χ2v) is 14.7. The lowest BCUT2D eigenvalue weighted by atomic mass is 9.81. The van der Waals surface area contributed by atoms with Crippen molar-refractivity contribution in [2.24, 2.45) is 0 Å². The maximum absolute atomic E-state index is 9.39. The van der Waals surface area contributed by atoms with Gasteiger partial charge in [-0.3, -0.25) is 0 Å². The molecule has 1 aliphatic rings. The van der Waals surface area contributed by atoms with Gasteiger partial charge in [-0.25, -0.2) is 15.0 Å². The van der Waals surface area contributed by atoms with Gasteiger partial charge < -0.3 is 8.98 Å². The van der Waals surface area contributed by atoms with Crippen LogP contribution in [0, 0.1) is 11.3 Å². The van der Waals surface area contributed by atoms with Crippen molar-refractivity contribution in [3.05, 3.63) is 168 Å². The van der Waals surface area contributed by atoms with Gasteiger partial charge in [0.15, 0.2) is 17.5 Å². The van der Waals surface area contributed by atoms with E-state index >= 15 is 0 Å². The molecule has 3 heterocycles. The Labute approximate surface area is 316 Å². The molecule has 10 aromatic rings. The van der Waals surface area contributed by atoms with Crippen LogP contribution in [-0.4, -0.2) is 19.5 Å². The van der Waals surface area contributed by atoms with Crippen molar-refractivity contribution < 1.29 is 4.42 Å². The monoisotopic (exact) mass is 705 g/mol. The molecular weight excluding hydrogens is 675 g/mol. The van der Waals surface area contributed by atoms with Crippen LogP contribution in [0.1, 0.15) is 30.5 Å². The standard InChI is InChI=1S/C49H31N5O/c1-49(2)37-17-9-6-14-34(37)42-43(49)45-41(36-16-8-11-19-39(36)55-45)40-35-15-7-10-18-38(35)54(44(40)42)33-26-24-32(25-27-33)48-52-46(30-12-4-3-5-13-30)51-47(53-48)31-22-20-29(28-50)21-23-31/h3-27H,1-2H3. The Hall–Kier alpha value is -7.36. The summed E-state index contributed by atoms with van der Waals surface area (Å²) in [6, 6.07) is 54.0. The number of hydrogen-bond acceptors (Lipinski definition) is 5. The van der Waals surface area contributed by atoms with E-state index < -0.39 is 0 Å². The molecule has 0 aliphatic heterocycles. The van der Waals surface area contributed by atoms with Crippen molar-refractivity contribution in [3.8, 4) is 57.0 Å². The maximum Gasteiger partial charge on any atom is 0.164 e. The summed E-state index contributed by atoms with van der Waals surface area (Å²) in [7, 11) is 0. The predicted molar refractivity (Wildman–Crippen MR) is 220 cm³/mol. The van der Waals surface area contributed by atoms with Crippen molar-refractivity contribution in [3.63, 3.8) is 0 Å². The van der Waals surface area contributed by atoms with Gasteiger partial charge in [0, 0.05) is 60.5 Å². The first-order valence-corrected chi connectivity index (χ1v) is 18.4. The molecule has 0 fully saturated rings. The van der Waals surface area contributed by atoms with E-state index in [-0.39, 0.29) is 5.41 Å². The molecule has 1 aliphatic carbocycles. The lowest BCUT2D eigenvalue weighted by Gasteiger charge is -2.22. The van der Waals surface area contributed by atoms with Gasteiger partial charge in [0.25, 0.3) is 0 Å². The van der Waals surface area contributed by atoms with E-state index in [1.165, 1.54) is 38.5 Å². The number of nitrogens with zero attached hydrogens (tertiary/aromatic N) is 5. The highest BCUT2D eigenvalue weighted by molar-refractivity contribution is 6.32. The summed E-state index contributed by atoms with van der Waals surface area (Å²) < 4.78 is 9.28. The van der Waals surface area contributed by atoms with Gasteiger partial charge in [0.1, 0.15) is 11.2 Å². The summed E-state index contributed by atoms with van der Waals surface area (Å²) in [4.78, 5) is 14.8. The van der Waals surface area contributed by atoms with E-state index in [1.54, 1.807) is 12.1 Å². The van der Waals surface area contributed by atoms with E-state index in [1.807, 2.05) is 42.5 Å². The number of furan rings is 1. The van der Waals surface area contributed by atoms with Crippen LogP contribution in [0.2, 0.25) is 0 Å². The third-order valence-electron chi connectivity index (χ3n) is 11.3. The van der Waals surface area contributed by atoms with Crippen molar-refractivity contribution >= 4 is 43.7 Å². The van der Waals surface area contributed by atoms with Gasteiger partial charge >= 0.3 is 0 Å². The Morgan fingerprint density at radius 3 is 1.87 bits per heavy atom. The minimum atomic E-state index is -0.279. The highest BCUT2D eigenvalue weighted by Crippen LogP contribution is 2.57. The van der Waals surface area contributed by atoms with Crippen molar-refractivity contribution in [1.29, 1.82) is 5.26 Å². The van der Waals surface area contributed by atoms with Crippen LogP contribution in [0.15, 0.2) is 156 Å². The van der Waals surface area contributed by atoms with E-state index in [2.05, 4.69) is 122 Å².